The molecule has 3 rings (SSSR count). The summed E-state index contributed by atoms with van der Waals surface area (Å²) in [5, 5.41) is 10.6. The molecule has 0 unspecified atom stereocenters. The molecule has 1 saturated carbocycles. The molecule has 0 spiro atoms. The second kappa shape index (κ2) is 3.57. The summed E-state index contributed by atoms with van der Waals surface area (Å²) >= 11 is 0. The van der Waals surface area contributed by atoms with Gasteiger partial charge < -0.3 is 9.84 Å². The number of ether oxygens (including phenoxy) is 1. The molecule has 4 heteroatoms. The number of aliphatic hydroxyl groups is 1. The summed E-state index contributed by atoms with van der Waals surface area (Å²) in [7, 11) is 0. The van der Waals surface area contributed by atoms with E-state index in [4.69, 9.17) is 4.74 Å². The van der Waals surface area contributed by atoms with Crippen molar-refractivity contribution in [3.8, 4) is 0 Å². The summed E-state index contributed by atoms with van der Waals surface area (Å²) < 4.78 is 5.41. The van der Waals surface area contributed by atoms with E-state index in [0.29, 0.717) is 18.4 Å². The quantitative estimate of drug-likeness (QED) is 0.529. The van der Waals surface area contributed by atoms with Crippen molar-refractivity contribution >= 4 is 11.8 Å². The molecule has 1 saturated heterocycles. The van der Waals surface area contributed by atoms with E-state index < -0.39 is 29.0 Å². The Morgan fingerprint density at radius 2 is 2.11 bits per heavy atom. The zero-order valence-electron chi connectivity index (χ0n) is 11.2. The Balaban J connectivity index is 2.10. The predicted molar refractivity (Wildman–Crippen MR) is 68.1 cm³/mol. The molecule has 0 radical (unpaired) electrons. The maximum absolute atomic E-state index is 12.2. The van der Waals surface area contributed by atoms with Crippen LogP contribution in [0.25, 0.3) is 0 Å². The van der Waals surface area contributed by atoms with Gasteiger partial charge in [0.2, 0.25) is 0 Å². The molecule has 4 nitrogen and oxygen atoms in total. The standard InChI is InChI=1S/C15H18O4/c1-8-9-4-6-14(2)10(16)5-7-15(3,18)12(14)11(9)19-13(8)17/h5,7,9,11-12,18H,1,4,6H2,2-3H3/t9-,11+,12-,14+,15+/m1/s1. The maximum atomic E-state index is 12.2. The van der Waals surface area contributed by atoms with Gasteiger partial charge in [-0.2, -0.15) is 0 Å². The van der Waals surface area contributed by atoms with E-state index in [0.717, 1.165) is 0 Å². The van der Waals surface area contributed by atoms with Crippen molar-refractivity contribution in [2.45, 2.75) is 38.4 Å². The number of carbonyl (C=O) groups is 2. The Morgan fingerprint density at radius 3 is 2.79 bits per heavy atom. The first-order valence-corrected chi connectivity index (χ1v) is 6.63. The van der Waals surface area contributed by atoms with Crippen LogP contribution in [0.2, 0.25) is 0 Å². The van der Waals surface area contributed by atoms with Gasteiger partial charge in [0.15, 0.2) is 5.78 Å². The summed E-state index contributed by atoms with van der Waals surface area (Å²) in [6.07, 6.45) is 3.90. The van der Waals surface area contributed by atoms with Crippen LogP contribution in [0, 0.1) is 17.3 Å². The van der Waals surface area contributed by atoms with Crippen LogP contribution in [0.4, 0.5) is 0 Å². The van der Waals surface area contributed by atoms with Gasteiger partial charge in [-0.05, 0) is 31.9 Å². The average molecular weight is 262 g/mol. The molecule has 102 valence electrons. The van der Waals surface area contributed by atoms with E-state index in [-0.39, 0.29) is 11.7 Å². The minimum Gasteiger partial charge on any atom is -0.458 e. The number of allylic oxidation sites excluding steroid dienone is 1. The molecule has 0 aromatic rings. The van der Waals surface area contributed by atoms with Gasteiger partial charge in [0.05, 0.1) is 5.60 Å². The third-order valence-corrected chi connectivity index (χ3v) is 5.10. The Hall–Kier alpha value is -1.42. The van der Waals surface area contributed by atoms with E-state index in [9.17, 15) is 14.7 Å². The lowest BCUT2D eigenvalue weighted by Crippen LogP contribution is -2.59. The smallest absolute Gasteiger partial charge is 0.334 e. The number of rotatable bonds is 0. The van der Waals surface area contributed by atoms with E-state index in [1.54, 1.807) is 6.92 Å². The van der Waals surface area contributed by atoms with Crippen LogP contribution in [0.1, 0.15) is 26.7 Å². The molecule has 0 amide bonds. The molecule has 3 aliphatic rings. The monoisotopic (exact) mass is 262 g/mol. The average Bonchev–Trinajstić information content (AvgIpc) is 2.60. The number of fused-ring (bicyclic) bond motifs is 3. The summed E-state index contributed by atoms with van der Waals surface area (Å²) in [6.45, 7) is 7.33. The van der Waals surface area contributed by atoms with Crippen LogP contribution < -0.4 is 0 Å². The van der Waals surface area contributed by atoms with Gasteiger partial charge in [0.25, 0.3) is 0 Å². The van der Waals surface area contributed by atoms with Gasteiger partial charge in [-0.1, -0.05) is 13.5 Å². The highest BCUT2D eigenvalue weighted by Gasteiger charge is 2.62. The Kier molecular flexibility index (Phi) is 2.37. The van der Waals surface area contributed by atoms with Crippen LogP contribution in [0.15, 0.2) is 24.3 Å². The van der Waals surface area contributed by atoms with Crippen molar-refractivity contribution < 1.29 is 19.4 Å². The largest absolute Gasteiger partial charge is 0.458 e. The lowest BCUT2D eigenvalue weighted by molar-refractivity contribution is -0.167. The Labute approximate surface area is 112 Å². The topological polar surface area (TPSA) is 63.6 Å². The fourth-order valence-electron chi connectivity index (χ4n) is 4.04. The van der Waals surface area contributed by atoms with Crippen LogP contribution in [-0.2, 0) is 14.3 Å². The van der Waals surface area contributed by atoms with Crippen molar-refractivity contribution in [3.63, 3.8) is 0 Å². The molecule has 5 atom stereocenters. The van der Waals surface area contributed by atoms with Crippen LogP contribution in [0.5, 0.6) is 0 Å². The summed E-state index contributed by atoms with van der Waals surface area (Å²) in [4.78, 5) is 23.9. The predicted octanol–water partition coefficient (Wildman–Crippen LogP) is 1.39. The second-order valence-corrected chi connectivity index (χ2v) is 6.36. The van der Waals surface area contributed by atoms with Gasteiger partial charge in [0, 0.05) is 22.8 Å². The van der Waals surface area contributed by atoms with Crippen molar-refractivity contribution in [2.24, 2.45) is 17.3 Å². The van der Waals surface area contributed by atoms with Crippen LogP contribution in [0.3, 0.4) is 0 Å². The summed E-state index contributed by atoms with van der Waals surface area (Å²) in [5.74, 6) is -0.858. The molecule has 2 aliphatic carbocycles. The third-order valence-electron chi connectivity index (χ3n) is 5.10. The number of ketones is 1. The van der Waals surface area contributed by atoms with Crippen LogP contribution >= 0.6 is 0 Å². The lowest BCUT2D eigenvalue weighted by atomic mass is 9.53. The van der Waals surface area contributed by atoms with E-state index in [1.807, 2.05) is 6.92 Å². The van der Waals surface area contributed by atoms with Gasteiger partial charge in [0.1, 0.15) is 6.10 Å². The molecule has 1 N–H and O–H groups in total. The SMILES string of the molecule is C=C1C(=O)O[C@H]2[C@@H]1CC[C@@]1(C)C(=O)C=C[C@](C)(O)[C@H]21. The highest BCUT2D eigenvalue weighted by molar-refractivity contribution is 5.97. The first-order chi connectivity index (χ1) is 8.77. The van der Waals surface area contributed by atoms with Gasteiger partial charge in [-0.25, -0.2) is 4.79 Å². The van der Waals surface area contributed by atoms with Crippen molar-refractivity contribution in [1.29, 1.82) is 0 Å². The lowest BCUT2D eigenvalue weighted by Gasteiger charge is -2.51. The zero-order chi connectivity index (χ0) is 14.0. The Morgan fingerprint density at radius 1 is 1.42 bits per heavy atom. The minimum atomic E-state index is -1.14. The molecule has 0 aromatic heterocycles. The van der Waals surface area contributed by atoms with E-state index in [1.165, 1.54) is 12.2 Å². The molecule has 0 aromatic carbocycles. The molecule has 1 aliphatic heterocycles. The summed E-state index contributed by atoms with van der Waals surface area (Å²) in [5.41, 5.74) is -1.33. The fourth-order valence-corrected chi connectivity index (χ4v) is 4.04. The first-order valence-electron chi connectivity index (χ1n) is 6.63. The number of carbonyl (C=O) groups excluding carboxylic acids is 2. The van der Waals surface area contributed by atoms with E-state index in [2.05, 4.69) is 6.58 Å². The molecular formula is C15H18O4. The van der Waals surface area contributed by atoms with E-state index >= 15 is 0 Å². The third kappa shape index (κ3) is 1.49. The number of hydrogen-bond donors (Lipinski definition) is 1. The molecule has 0 bridgehead atoms. The second-order valence-electron chi connectivity index (χ2n) is 6.36. The normalized spacial score (nSPS) is 48.8. The molecule has 1 heterocycles. The van der Waals surface area contributed by atoms with Gasteiger partial charge >= 0.3 is 5.97 Å². The van der Waals surface area contributed by atoms with Crippen molar-refractivity contribution in [2.75, 3.05) is 0 Å². The number of hydrogen-bond acceptors (Lipinski definition) is 4. The summed E-state index contributed by atoms with van der Waals surface area (Å²) in [6, 6.07) is 0. The van der Waals surface area contributed by atoms with Gasteiger partial charge in [-0.15, -0.1) is 0 Å². The first kappa shape index (κ1) is 12.6. The maximum Gasteiger partial charge on any atom is 0.334 e. The number of esters is 1. The molecule has 19 heavy (non-hydrogen) atoms. The van der Waals surface area contributed by atoms with Crippen LogP contribution in [-0.4, -0.2) is 28.6 Å². The zero-order valence-corrected chi connectivity index (χ0v) is 11.2. The molecule has 2 fully saturated rings. The van der Waals surface area contributed by atoms with Gasteiger partial charge in [-0.3, -0.25) is 4.79 Å². The highest BCUT2D eigenvalue weighted by atomic mass is 16.6. The molecular weight excluding hydrogens is 244 g/mol. The highest BCUT2D eigenvalue weighted by Crippen LogP contribution is 2.55. The fraction of sp³-hybridized carbons (Fsp3) is 0.600. The van der Waals surface area contributed by atoms with Crippen molar-refractivity contribution in [3.05, 3.63) is 24.3 Å². The minimum absolute atomic E-state index is 0.0102. The Bertz CT molecular complexity index is 516. The van der Waals surface area contributed by atoms with Crippen molar-refractivity contribution in [1.82, 2.24) is 0 Å².